The standard InChI is InChI=1S/C14H21NO2/c1-10-8-11-12(4-3-5-13(11)16)15(10)14(2)6-7-17-9-14/h8,13,16H,3-7,9H2,1-2H3. The Morgan fingerprint density at radius 3 is 3.06 bits per heavy atom. The molecule has 3 nitrogen and oxygen atoms in total. The second kappa shape index (κ2) is 3.85. The first-order valence-corrected chi connectivity index (χ1v) is 6.59. The Labute approximate surface area is 102 Å². The lowest BCUT2D eigenvalue weighted by atomic mass is 9.93. The first-order chi connectivity index (χ1) is 8.12. The first-order valence-electron chi connectivity index (χ1n) is 6.59. The van der Waals surface area contributed by atoms with Gasteiger partial charge in [-0.2, -0.15) is 0 Å². The van der Waals surface area contributed by atoms with E-state index in [1.807, 2.05) is 0 Å². The molecule has 0 saturated carbocycles. The lowest BCUT2D eigenvalue weighted by molar-refractivity contribution is 0.147. The molecule has 1 aliphatic heterocycles. The van der Waals surface area contributed by atoms with Gasteiger partial charge in [0.05, 0.1) is 18.2 Å². The van der Waals surface area contributed by atoms with E-state index in [4.69, 9.17) is 4.74 Å². The molecule has 2 heterocycles. The van der Waals surface area contributed by atoms with Crippen LogP contribution >= 0.6 is 0 Å². The number of rotatable bonds is 1. The summed E-state index contributed by atoms with van der Waals surface area (Å²) in [6, 6.07) is 2.17. The number of hydrogen-bond donors (Lipinski definition) is 1. The van der Waals surface area contributed by atoms with Crippen molar-refractivity contribution >= 4 is 0 Å². The monoisotopic (exact) mass is 235 g/mol. The molecule has 0 bridgehead atoms. The summed E-state index contributed by atoms with van der Waals surface area (Å²) in [7, 11) is 0. The van der Waals surface area contributed by atoms with E-state index in [-0.39, 0.29) is 11.6 Å². The highest BCUT2D eigenvalue weighted by atomic mass is 16.5. The molecule has 94 valence electrons. The molecule has 0 amide bonds. The minimum atomic E-state index is -0.260. The van der Waals surface area contributed by atoms with Gasteiger partial charge in [0.25, 0.3) is 0 Å². The van der Waals surface area contributed by atoms with Gasteiger partial charge in [-0.05, 0) is 45.6 Å². The van der Waals surface area contributed by atoms with Crippen LogP contribution in [0, 0.1) is 6.92 Å². The highest BCUT2D eigenvalue weighted by Gasteiger charge is 2.36. The van der Waals surface area contributed by atoms with Gasteiger partial charge in [-0.3, -0.25) is 0 Å². The Balaban J connectivity index is 2.10. The average molecular weight is 235 g/mol. The Bertz CT molecular complexity index is 430. The summed E-state index contributed by atoms with van der Waals surface area (Å²) < 4.78 is 8.00. The summed E-state index contributed by atoms with van der Waals surface area (Å²) in [6.07, 6.45) is 3.91. The number of fused-ring (bicyclic) bond motifs is 1. The van der Waals surface area contributed by atoms with Crippen molar-refractivity contribution in [2.45, 2.75) is 51.2 Å². The van der Waals surface area contributed by atoms with Crippen LogP contribution in [-0.2, 0) is 16.7 Å². The van der Waals surface area contributed by atoms with Gasteiger partial charge in [0.1, 0.15) is 0 Å². The van der Waals surface area contributed by atoms with Crippen molar-refractivity contribution in [2.75, 3.05) is 13.2 Å². The highest BCUT2D eigenvalue weighted by Crippen LogP contribution is 2.38. The van der Waals surface area contributed by atoms with E-state index in [9.17, 15) is 5.11 Å². The zero-order chi connectivity index (χ0) is 12.0. The largest absolute Gasteiger partial charge is 0.388 e. The number of aliphatic hydroxyl groups is 1. The molecule has 2 unspecified atom stereocenters. The van der Waals surface area contributed by atoms with E-state index >= 15 is 0 Å². The summed E-state index contributed by atoms with van der Waals surface area (Å²) in [4.78, 5) is 0. The summed E-state index contributed by atoms with van der Waals surface area (Å²) in [5.74, 6) is 0. The molecule has 3 rings (SSSR count). The highest BCUT2D eigenvalue weighted by molar-refractivity contribution is 5.33. The van der Waals surface area contributed by atoms with Crippen molar-refractivity contribution < 1.29 is 9.84 Å². The second-order valence-electron chi connectivity index (χ2n) is 5.73. The van der Waals surface area contributed by atoms with E-state index in [1.165, 1.54) is 11.4 Å². The summed E-state index contributed by atoms with van der Waals surface area (Å²) in [5, 5.41) is 10.1. The molecule has 3 heteroatoms. The zero-order valence-corrected chi connectivity index (χ0v) is 10.7. The van der Waals surface area contributed by atoms with E-state index in [0.29, 0.717) is 0 Å². The molecule has 1 N–H and O–H groups in total. The topological polar surface area (TPSA) is 34.4 Å². The third-order valence-electron chi connectivity index (χ3n) is 4.31. The Morgan fingerprint density at radius 2 is 2.35 bits per heavy atom. The van der Waals surface area contributed by atoms with Gasteiger partial charge in [-0.1, -0.05) is 0 Å². The normalized spacial score (nSPS) is 32.8. The predicted octanol–water partition coefficient (Wildman–Crippen LogP) is 2.30. The van der Waals surface area contributed by atoms with Crippen LogP contribution in [0.4, 0.5) is 0 Å². The predicted molar refractivity (Wildman–Crippen MR) is 66.2 cm³/mol. The quantitative estimate of drug-likeness (QED) is 0.810. The van der Waals surface area contributed by atoms with Gasteiger partial charge in [0.2, 0.25) is 0 Å². The number of hydrogen-bond acceptors (Lipinski definition) is 2. The maximum atomic E-state index is 10.1. The fourth-order valence-electron chi connectivity index (χ4n) is 3.46. The van der Waals surface area contributed by atoms with Crippen LogP contribution in [0.3, 0.4) is 0 Å². The van der Waals surface area contributed by atoms with Crippen LogP contribution < -0.4 is 0 Å². The number of aliphatic hydroxyl groups excluding tert-OH is 1. The van der Waals surface area contributed by atoms with Crippen molar-refractivity contribution in [1.82, 2.24) is 4.57 Å². The van der Waals surface area contributed by atoms with Crippen LogP contribution in [0.25, 0.3) is 0 Å². The fraction of sp³-hybridized carbons (Fsp3) is 0.714. The number of nitrogens with zero attached hydrogens (tertiary/aromatic N) is 1. The van der Waals surface area contributed by atoms with Crippen molar-refractivity contribution in [1.29, 1.82) is 0 Å². The van der Waals surface area contributed by atoms with Gasteiger partial charge in [-0.25, -0.2) is 0 Å². The maximum absolute atomic E-state index is 10.1. The number of aromatic nitrogens is 1. The van der Waals surface area contributed by atoms with Crippen molar-refractivity contribution in [2.24, 2.45) is 0 Å². The Morgan fingerprint density at radius 1 is 1.53 bits per heavy atom. The van der Waals surface area contributed by atoms with Crippen molar-refractivity contribution in [3.63, 3.8) is 0 Å². The summed E-state index contributed by atoms with van der Waals surface area (Å²) in [5.41, 5.74) is 3.86. The first kappa shape index (κ1) is 11.3. The molecule has 1 fully saturated rings. The second-order valence-corrected chi connectivity index (χ2v) is 5.73. The van der Waals surface area contributed by atoms with Crippen LogP contribution in [0.2, 0.25) is 0 Å². The molecule has 2 atom stereocenters. The molecule has 1 saturated heterocycles. The van der Waals surface area contributed by atoms with Gasteiger partial charge in [0, 0.05) is 23.6 Å². The van der Waals surface area contributed by atoms with Crippen molar-refractivity contribution in [3.8, 4) is 0 Å². The molecule has 17 heavy (non-hydrogen) atoms. The third kappa shape index (κ3) is 1.64. The number of aryl methyl sites for hydroxylation is 1. The van der Waals surface area contributed by atoms with Crippen LogP contribution in [0.15, 0.2) is 6.07 Å². The fourth-order valence-corrected chi connectivity index (χ4v) is 3.46. The molecular weight excluding hydrogens is 214 g/mol. The van der Waals surface area contributed by atoms with E-state index < -0.39 is 0 Å². The molecule has 0 radical (unpaired) electrons. The van der Waals surface area contributed by atoms with E-state index in [2.05, 4.69) is 24.5 Å². The minimum absolute atomic E-state index is 0.0920. The zero-order valence-electron chi connectivity index (χ0n) is 10.7. The minimum Gasteiger partial charge on any atom is -0.388 e. The van der Waals surface area contributed by atoms with Crippen molar-refractivity contribution in [3.05, 3.63) is 23.0 Å². The summed E-state index contributed by atoms with van der Waals surface area (Å²) >= 11 is 0. The SMILES string of the molecule is Cc1cc2c(n1C1(C)CCOC1)CCCC2O. The lowest BCUT2D eigenvalue weighted by Crippen LogP contribution is -2.33. The average Bonchev–Trinajstić information content (AvgIpc) is 2.83. The van der Waals surface area contributed by atoms with E-state index in [1.54, 1.807) is 0 Å². The van der Waals surface area contributed by atoms with Crippen LogP contribution in [-0.4, -0.2) is 22.9 Å². The van der Waals surface area contributed by atoms with Gasteiger partial charge < -0.3 is 14.4 Å². The molecule has 0 spiro atoms. The maximum Gasteiger partial charge on any atom is 0.0807 e. The molecule has 1 aromatic heterocycles. The van der Waals surface area contributed by atoms with Crippen LogP contribution in [0.5, 0.6) is 0 Å². The molecular formula is C14H21NO2. The molecule has 0 aromatic carbocycles. The Kier molecular flexibility index (Phi) is 2.56. The molecule has 1 aliphatic carbocycles. The van der Waals surface area contributed by atoms with Gasteiger partial charge in [-0.15, -0.1) is 0 Å². The third-order valence-corrected chi connectivity index (χ3v) is 4.31. The van der Waals surface area contributed by atoms with E-state index in [0.717, 1.165) is 44.5 Å². The van der Waals surface area contributed by atoms with Gasteiger partial charge >= 0.3 is 0 Å². The summed E-state index contributed by atoms with van der Waals surface area (Å²) in [6.45, 7) is 6.07. The number of ether oxygens (including phenoxy) is 1. The lowest BCUT2D eigenvalue weighted by Gasteiger charge is -2.31. The Hall–Kier alpha value is -0.800. The van der Waals surface area contributed by atoms with Crippen LogP contribution in [0.1, 0.15) is 49.2 Å². The molecule has 1 aromatic rings. The van der Waals surface area contributed by atoms with Gasteiger partial charge in [0.15, 0.2) is 0 Å². The smallest absolute Gasteiger partial charge is 0.0807 e. The molecule has 2 aliphatic rings.